The molecule has 0 amide bonds. The largest absolute Gasteiger partial charge is 0.451 e. The number of rotatable bonds is 2. The molecule has 2 bridgehead atoms. The monoisotopic (exact) mass is 334 g/mol. The molecule has 132 valence electrons. The van der Waals surface area contributed by atoms with Crippen molar-refractivity contribution in [3.63, 3.8) is 0 Å². The van der Waals surface area contributed by atoms with Gasteiger partial charge in [-0.15, -0.1) is 0 Å². The van der Waals surface area contributed by atoms with Gasteiger partial charge in [0.25, 0.3) is 0 Å². The number of hydrogen-bond donors (Lipinski definition) is 0. The second-order valence-electron chi connectivity index (χ2n) is 8.96. The molecule has 4 rings (SSSR count). The van der Waals surface area contributed by atoms with Crippen LogP contribution < -0.4 is 0 Å². The molecule has 3 atom stereocenters. The van der Waals surface area contributed by atoms with E-state index in [4.69, 9.17) is 9.47 Å². The van der Waals surface area contributed by atoms with Gasteiger partial charge >= 0.3 is 11.9 Å². The summed E-state index contributed by atoms with van der Waals surface area (Å²) in [6.07, 6.45) is 5.87. The Hall–Kier alpha value is -1.39. The number of ether oxygens (including phenoxy) is 2. The summed E-state index contributed by atoms with van der Waals surface area (Å²) in [4.78, 5) is 38.1. The molecule has 5 nitrogen and oxygen atoms in total. The van der Waals surface area contributed by atoms with Gasteiger partial charge in [0.1, 0.15) is 0 Å². The first-order chi connectivity index (χ1) is 11.2. The van der Waals surface area contributed by atoms with Crippen LogP contribution in [0.1, 0.15) is 72.1 Å². The first-order valence-corrected chi connectivity index (χ1v) is 9.18. The van der Waals surface area contributed by atoms with Crippen LogP contribution in [0, 0.1) is 16.2 Å². The summed E-state index contributed by atoms with van der Waals surface area (Å²) in [6.45, 7) is 5.67. The first kappa shape index (κ1) is 16.1. The molecule has 1 saturated heterocycles. The molecule has 0 aromatic rings. The van der Waals surface area contributed by atoms with E-state index in [1.807, 2.05) is 20.8 Å². The van der Waals surface area contributed by atoms with Crippen molar-refractivity contribution in [2.45, 2.75) is 83.8 Å². The summed E-state index contributed by atoms with van der Waals surface area (Å²) in [7, 11) is 0. The second-order valence-corrected chi connectivity index (χ2v) is 8.96. The summed E-state index contributed by atoms with van der Waals surface area (Å²) in [6, 6.07) is 0. The highest BCUT2D eigenvalue weighted by Crippen LogP contribution is 2.66. The Bertz CT molecular complexity index is 630. The third-order valence-electron chi connectivity index (χ3n) is 7.92. The van der Waals surface area contributed by atoms with Gasteiger partial charge in [-0.1, -0.05) is 26.7 Å². The Labute approximate surface area is 142 Å². The van der Waals surface area contributed by atoms with Crippen LogP contribution >= 0.6 is 0 Å². The molecule has 0 aromatic carbocycles. The van der Waals surface area contributed by atoms with Gasteiger partial charge in [-0.25, -0.2) is 4.79 Å². The summed E-state index contributed by atoms with van der Waals surface area (Å²) in [5.74, 6) is -0.746. The molecule has 1 aliphatic heterocycles. The van der Waals surface area contributed by atoms with Crippen LogP contribution in [0.5, 0.6) is 0 Å². The molecule has 2 unspecified atom stereocenters. The third-order valence-corrected chi connectivity index (χ3v) is 7.92. The topological polar surface area (TPSA) is 69.7 Å². The molecule has 0 N–H and O–H groups in total. The van der Waals surface area contributed by atoms with Gasteiger partial charge < -0.3 is 9.47 Å². The lowest BCUT2D eigenvalue weighted by atomic mass is 9.66. The zero-order valence-corrected chi connectivity index (χ0v) is 14.8. The predicted molar refractivity (Wildman–Crippen MR) is 85.0 cm³/mol. The summed E-state index contributed by atoms with van der Waals surface area (Å²) >= 11 is 0. The fourth-order valence-corrected chi connectivity index (χ4v) is 5.59. The van der Waals surface area contributed by atoms with Crippen LogP contribution in [0.4, 0.5) is 0 Å². The van der Waals surface area contributed by atoms with Gasteiger partial charge in [-0.05, 0) is 45.4 Å². The Balaban J connectivity index is 1.56. The Morgan fingerprint density at radius 2 is 1.71 bits per heavy atom. The minimum atomic E-state index is -1.23. The van der Waals surface area contributed by atoms with E-state index in [0.29, 0.717) is 19.3 Å². The van der Waals surface area contributed by atoms with Crippen molar-refractivity contribution in [2.24, 2.45) is 16.2 Å². The van der Waals surface area contributed by atoms with Crippen molar-refractivity contribution in [1.82, 2.24) is 0 Å². The Morgan fingerprint density at radius 3 is 2.25 bits per heavy atom. The normalized spacial score (nSPS) is 41.9. The maximum absolute atomic E-state index is 13.0. The smallest absolute Gasteiger partial charge is 0.351 e. The molecule has 1 heterocycles. The van der Waals surface area contributed by atoms with Crippen LogP contribution in [0.3, 0.4) is 0 Å². The lowest BCUT2D eigenvalue weighted by Crippen LogP contribution is -2.50. The molecule has 4 fully saturated rings. The third kappa shape index (κ3) is 1.64. The maximum atomic E-state index is 13.0. The SMILES string of the molecule is CC12CCC(C(=O)O[C@@H]3CCC4(CCCC4)C3=O)(OC1=O)C2(C)C. The van der Waals surface area contributed by atoms with Crippen LogP contribution in [0.25, 0.3) is 0 Å². The van der Waals surface area contributed by atoms with E-state index < -0.39 is 28.5 Å². The molecule has 5 heteroatoms. The minimum absolute atomic E-state index is 0.0904. The van der Waals surface area contributed by atoms with E-state index in [1.165, 1.54) is 0 Å². The van der Waals surface area contributed by atoms with E-state index >= 15 is 0 Å². The highest BCUT2D eigenvalue weighted by atomic mass is 16.6. The van der Waals surface area contributed by atoms with Crippen molar-refractivity contribution in [3.8, 4) is 0 Å². The van der Waals surface area contributed by atoms with E-state index in [-0.39, 0.29) is 17.2 Å². The minimum Gasteiger partial charge on any atom is -0.451 e. The fraction of sp³-hybridized carbons (Fsp3) is 0.842. The number of carbonyl (C=O) groups excluding carboxylic acids is 3. The van der Waals surface area contributed by atoms with E-state index in [2.05, 4.69) is 0 Å². The van der Waals surface area contributed by atoms with Crippen molar-refractivity contribution >= 4 is 17.7 Å². The molecule has 3 aliphatic carbocycles. The fourth-order valence-electron chi connectivity index (χ4n) is 5.59. The Kier molecular flexibility index (Phi) is 3.09. The van der Waals surface area contributed by atoms with E-state index in [1.54, 1.807) is 0 Å². The van der Waals surface area contributed by atoms with E-state index in [0.717, 1.165) is 32.1 Å². The predicted octanol–water partition coefficient (Wildman–Crippen LogP) is 2.94. The average Bonchev–Trinajstić information content (AvgIpc) is 3.21. The zero-order valence-electron chi connectivity index (χ0n) is 14.8. The van der Waals surface area contributed by atoms with Crippen LogP contribution in [-0.2, 0) is 23.9 Å². The van der Waals surface area contributed by atoms with Gasteiger partial charge in [0.15, 0.2) is 11.9 Å². The molecule has 24 heavy (non-hydrogen) atoms. The quantitative estimate of drug-likeness (QED) is 0.726. The van der Waals surface area contributed by atoms with Gasteiger partial charge in [0.2, 0.25) is 5.60 Å². The number of ketones is 1. The van der Waals surface area contributed by atoms with Crippen molar-refractivity contribution < 1.29 is 23.9 Å². The first-order valence-electron chi connectivity index (χ1n) is 9.18. The van der Waals surface area contributed by atoms with Crippen LogP contribution in [0.2, 0.25) is 0 Å². The van der Waals surface area contributed by atoms with Gasteiger partial charge in [-0.3, -0.25) is 9.59 Å². The van der Waals surface area contributed by atoms with Gasteiger partial charge in [0.05, 0.1) is 5.41 Å². The van der Waals surface area contributed by atoms with Crippen molar-refractivity contribution in [3.05, 3.63) is 0 Å². The van der Waals surface area contributed by atoms with E-state index in [9.17, 15) is 14.4 Å². The number of esters is 2. The number of Topliss-reactive ketones (excluding diaryl/α,β-unsaturated/α-hetero) is 1. The average molecular weight is 334 g/mol. The summed E-state index contributed by atoms with van der Waals surface area (Å²) in [5.41, 5.74) is -2.77. The second kappa shape index (κ2) is 4.61. The summed E-state index contributed by atoms with van der Waals surface area (Å²) < 4.78 is 11.2. The maximum Gasteiger partial charge on any atom is 0.351 e. The number of fused-ring (bicyclic) bond motifs is 2. The molecular formula is C19H26O5. The zero-order chi connectivity index (χ0) is 17.4. The lowest BCUT2D eigenvalue weighted by Gasteiger charge is -2.35. The van der Waals surface area contributed by atoms with Crippen molar-refractivity contribution in [1.29, 1.82) is 0 Å². The molecule has 3 saturated carbocycles. The number of hydrogen-bond acceptors (Lipinski definition) is 5. The van der Waals surface area contributed by atoms with Crippen LogP contribution in [-0.4, -0.2) is 29.4 Å². The summed E-state index contributed by atoms with van der Waals surface area (Å²) in [5, 5.41) is 0. The van der Waals surface area contributed by atoms with Crippen LogP contribution in [0.15, 0.2) is 0 Å². The molecule has 4 aliphatic rings. The lowest BCUT2D eigenvalue weighted by molar-refractivity contribution is -0.187. The number of carbonyl (C=O) groups is 3. The van der Waals surface area contributed by atoms with Crippen molar-refractivity contribution in [2.75, 3.05) is 0 Å². The molecule has 1 spiro atoms. The van der Waals surface area contributed by atoms with Gasteiger partial charge in [-0.2, -0.15) is 0 Å². The standard InChI is InChI=1S/C19H26O5/c1-16(2)17(3)10-11-19(16,24-14(17)21)15(22)23-12-6-9-18(13(12)20)7-4-5-8-18/h12H,4-11H2,1-3H3/t12-,17?,19?/m1/s1. The molecule has 0 radical (unpaired) electrons. The van der Waals surface area contributed by atoms with Gasteiger partial charge in [0, 0.05) is 10.8 Å². The molecular weight excluding hydrogens is 308 g/mol. The highest BCUT2D eigenvalue weighted by molar-refractivity contribution is 5.97. The Morgan fingerprint density at radius 1 is 1.04 bits per heavy atom. The highest BCUT2D eigenvalue weighted by Gasteiger charge is 2.76. The molecule has 0 aromatic heterocycles.